The van der Waals surface area contributed by atoms with Crippen LogP contribution in [0.4, 0.5) is 0 Å². The van der Waals surface area contributed by atoms with Gasteiger partial charge in [-0.05, 0) is 24.6 Å². The van der Waals surface area contributed by atoms with Gasteiger partial charge in [0.05, 0.1) is 11.9 Å². The van der Waals surface area contributed by atoms with E-state index in [0.717, 1.165) is 5.56 Å². The van der Waals surface area contributed by atoms with Crippen molar-refractivity contribution in [1.82, 2.24) is 0 Å². The Kier molecular flexibility index (Phi) is 4.84. The molecule has 1 aromatic rings. The molecule has 1 fully saturated rings. The minimum absolute atomic E-state index is 0.0388. The number of halogens is 1. The van der Waals surface area contributed by atoms with Crippen LogP contribution in [-0.2, 0) is 19.4 Å². The van der Waals surface area contributed by atoms with Crippen LogP contribution in [0.1, 0.15) is 25.3 Å². The normalized spacial score (nSPS) is 27.5. The Bertz CT molecular complexity index is 659. The lowest BCUT2D eigenvalue weighted by Crippen LogP contribution is -2.34. The molecular formula is C15H20ClNO4S. The van der Waals surface area contributed by atoms with E-state index in [1.807, 2.05) is 0 Å². The summed E-state index contributed by atoms with van der Waals surface area (Å²) in [7, 11) is -3.43. The van der Waals surface area contributed by atoms with Crippen molar-refractivity contribution in [3.05, 3.63) is 34.9 Å². The van der Waals surface area contributed by atoms with Crippen LogP contribution in [0.15, 0.2) is 24.3 Å². The first kappa shape index (κ1) is 17.2. The minimum atomic E-state index is -3.43. The summed E-state index contributed by atoms with van der Waals surface area (Å²) >= 11 is 5.87. The molecular weight excluding hydrogens is 326 g/mol. The van der Waals surface area contributed by atoms with E-state index < -0.39 is 32.4 Å². The van der Waals surface area contributed by atoms with Crippen molar-refractivity contribution >= 4 is 27.4 Å². The number of nitrogens with two attached hydrogens (primary N) is 1. The van der Waals surface area contributed by atoms with E-state index in [-0.39, 0.29) is 18.9 Å². The van der Waals surface area contributed by atoms with Gasteiger partial charge >= 0.3 is 5.97 Å². The van der Waals surface area contributed by atoms with Crippen molar-refractivity contribution in [1.29, 1.82) is 0 Å². The summed E-state index contributed by atoms with van der Waals surface area (Å²) in [5.41, 5.74) is 5.35. The number of ether oxygens (including phenoxy) is 1. The molecule has 5 nitrogen and oxygen atoms in total. The van der Waals surface area contributed by atoms with Crippen LogP contribution in [0, 0.1) is 5.41 Å². The molecule has 7 heteroatoms. The van der Waals surface area contributed by atoms with Crippen LogP contribution in [0.2, 0.25) is 5.02 Å². The molecule has 0 radical (unpaired) electrons. The Morgan fingerprint density at radius 1 is 1.32 bits per heavy atom. The predicted octanol–water partition coefficient (Wildman–Crippen LogP) is 1.75. The molecule has 0 spiro atoms. The summed E-state index contributed by atoms with van der Waals surface area (Å²) in [6.45, 7) is 3.37. The van der Waals surface area contributed by atoms with E-state index >= 15 is 0 Å². The smallest absolute Gasteiger partial charge is 0.315 e. The zero-order valence-corrected chi connectivity index (χ0v) is 14.2. The lowest BCUT2D eigenvalue weighted by atomic mass is 9.99. The van der Waals surface area contributed by atoms with Gasteiger partial charge in [0.15, 0.2) is 9.84 Å². The van der Waals surface area contributed by atoms with Crippen LogP contribution < -0.4 is 5.73 Å². The van der Waals surface area contributed by atoms with Crippen molar-refractivity contribution in [3.8, 4) is 0 Å². The molecule has 1 aromatic carbocycles. The fourth-order valence-electron chi connectivity index (χ4n) is 3.09. The minimum Gasteiger partial charge on any atom is -0.465 e. The Morgan fingerprint density at radius 3 is 2.36 bits per heavy atom. The second-order valence-corrected chi connectivity index (χ2v) is 8.21. The van der Waals surface area contributed by atoms with Crippen LogP contribution in [0.3, 0.4) is 0 Å². The quantitative estimate of drug-likeness (QED) is 0.794. The molecule has 3 atom stereocenters. The first-order valence-corrected chi connectivity index (χ1v) is 9.28. The summed E-state index contributed by atoms with van der Waals surface area (Å²) in [6, 6.07) is 6.83. The van der Waals surface area contributed by atoms with Crippen molar-refractivity contribution in [2.45, 2.75) is 25.0 Å². The van der Waals surface area contributed by atoms with Crippen LogP contribution in [0.25, 0.3) is 0 Å². The molecule has 0 bridgehead atoms. The molecule has 0 amide bonds. The molecule has 2 rings (SSSR count). The van der Waals surface area contributed by atoms with Gasteiger partial charge < -0.3 is 10.5 Å². The van der Waals surface area contributed by atoms with Crippen LogP contribution >= 0.6 is 11.6 Å². The fourth-order valence-corrected chi connectivity index (χ4v) is 5.29. The number of rotatable bonds is 6. The van der Waals surface area contributed by atoms with Crippen LogP contribution in [-0.4, -0.2) is 38.5 Å². The molecule has 1 aliphatic carbocycles. The number of carbonyl (C=O) groups excluding carboxylic acids is 1. The highest BCUT2D eigenvalue weighted by molar-refractivity contribution is 7.92. The fraction of sp³-hybridized carbons (Fsp3) is 0.533. The van der Waals surface area contributed by atoms with E-state index in [9.17, 15) is 13.2 Å². The Balaban J connectivity index is 2.49. The number of hydrogen-bond acceptors (Lipinski definition) is 5. The number of esters is 1. The summed E-state index contributed by atoms with van der Waals surface area (Å²) in [4.78, 5) is 12.4. The van der Waals surface area contributed by atoms with Gasteiger partial charge in [-0.3, -0.25) is 4.79 Å². The molecule has 1 aliphatic rings. The third-order valence-corrected chi connectivity index (χ3v) is 6.79. The predicted molar refractivity (Wildman–Crippen MR) is 85.6 cm³/mol. The lowest BCUT2D eigenvalue weighted by Gasteiger charge is -2.14. The molecule has 0 saturated heterocycles. The van der Waals surface area contributed by atoms with Crippen LogP contribution in [0.5, 0.6) is 0 Å². The molecule has 0 aliphatic heterocycles. The molecule has 2 N–H and O–H groups in total. The first-order chi connectivity index (χ1) is 10.3. The van der Waals surface area contributed by atoms with Gasteiger partial charge in [-0.2, -0.15) is 0 Å². The average molecular weight is 346 g/mol. The molecule has 122 valence electrons. The van der Waals surface area contributed by atoms with Gasteiger partial charge in [0.2, 0.25) is 0 Å². The standard InChI is InChI=1S/C15H20ClNO4S/c1-3-21-14(18)15(9-17)12(13(15)22(19,20)4-2)10-5-7-11(16)8-6-10/h5-8,12-13H,3-4,9,17H2,1-2H3/t12-,13+,15+/m0/s1. The molecule has 0 heterocycles. The largest absolute Gasteiger partial charge is 0.465 e. The van der Waals surface area contributed by atoms with Gasteiger partial charge in [-0.1, -0.05) is 30.7 Å². The first-order valence-electron chi connectivity index (χ1n) is 7.19. The van der Waals surface area contributed by atoms with Gasteiger partial charge in [0, 0.05) is 23.2 Å². The molecule has 0 aromatic heterocycles. The number of carbonyl (C=O) groups is 1. The molecule has 0 unspecified atom stereocenters. The second-order valence-electron chi connectivity index (χ2n) is 5.37. The highest BCUT2D eigenvalue weighted by Crippen LogP contribution is 2.63. The average Bonchev–Trinajstić information content (AvgIpc) is 3.20. The third kappa shape index (κ3) is 2.64. The molecule has 22 heavy (non-hydrogen) atoms. The van der Waals surface area contributed by atoms with E-state index in [4.69, 9.17) is 22.1 Å². The summed E-state index contributed by atoms with van der Waals surface area (Å²) in [5, 5.41) is -0.288. The highest BCUT2D eigenvalue weighted by atomic mass is 35.5. The second kappa shape index (κ2) is 6.18. The zero-order valence-electron chi connectivity index (χ0n) is 12.6. The summed E-state index contributed by atoms with van der Waals surface area (Å²) in [5.74, 6) is -1.07. The van der Waals surface area contributed by atoms with Crippen molar-refractivity contribution in [2.75, 3.05) is 18.9 Å². The lowest BCUT2D eigenvalue weighted by molar-refractivity contribution is -0.149. The topological polar surface area (TPSA) is 86.5 Å². The van der Waals surface area contributed by atoms with E-state index in [0.29, 0.717) is 5.02 Å². The third-order valence-electron chi connectivity index (χ3n) is 4.27. The van der Waals surface area contributed by atoms with E-state index in [1.165, 1.54) is 0 Å². The Hall–Kier alpha value is -1.11. The maximum Gasteiger partial charge on any atom is 0.315 e. The van der Waals surface area contributed by atoms with E-state index in [1.54, 1.807) is 38.1 Å². The van der Waals surface area contributed by atoms with E-state index in [2.05, 4.69) is 0 Å². The van der Waals surface area contributed by atoms with Crippen molar-refractivity contribution < 1.29 is 17.9 Å². The van der Waals surface area contributed by atoms with Crippen molar-refractivity contribution in [3.63, 3.8) is 0 Å². The van der Waals surface area contributed by atoms with Gasteiger partial charge in [0.1, 0.15) is 5.41 Å². The van der Waals surface area contributed by atoms with Gasteiger partial charge in [0.25, 0.3) is 0 Å². The number of sulfone groups is 1. The molecule has 1 saturated carbocycles. The monoisotopic (exact) mass is 345 g/mol. The summed E-state index contributed by atoms with van der Waals surface area (Å²) < 4.78 is 29.9. The number of benzene rings is 1. The van der Waals surface area contributed by atoms with Crippen molar-refractivity contribution in [2.24, 2.45) is 11.1 Å². The maximum absolute atomic E-state index is 12.4. The van der Waals surface area contributed by atoms with Gasteiger partial charge in [-0.25, -0.2) is 8.42 Å². The Morgan fingerprint density at radius 2 is 1.91 bits per heavy atom. The number of hydrogen-bond donors (Lipinski definition) is 1. The zero-order chi connectivity index (χ0) is 16.5. The highest BCUT2D eigenvalue weighted by Gasteiger charge is 2.74. The van der Waals surface area contributed by atoms with Gasteiger partial charge in [-0.15, -0.1) is 0 Å². The summed E-state index contributed by atoms with van der Waals surface area (Å²) in [6.07, 6.45) is 0. The SMILES string of the molecule is CCOC(=O)[C@@]1(CN)[C@H](S(=O)(=O)CC)[C@@H]1c1ccc(Cl)cc1. The Labute approximate surface area is 135 Å². The maximum atomic E-state index is 12.4.